The average molecular weight is 431 g/mol. The van der Waals surface area contributed by atoms with E-state index in [9.17, 15) is 0 Å². The number of aryl methyl sites for hydroxylation is 1. The van der Waals surface area contributed by atoms with Crippen LogP contribution in [0, 0.1) is 6.92 Å². The molecule has 0 bridgehead atoms. The van der Waals surface area contributed by atoms with Crippen molar-refractivity contribution in [3.05, 3.63) is 35.4 Å². The predicted octanol–water partition coefficient (Wildman–Crippen LogP) is 3.23. The molecule has 130 valence electrons. The lowest BCUT2D eigenvalue weighted by molar-refractivity contribution is 0.114. The predicted molar refractivity (Wildman–Crippen MR) is 108 cm³/mol. The quantitative estimate of drug-likeness (QED) is 0.428. The number of rotatable bonds is 5. The number of guanidine groups is 1. The van der Waals surface area contributed by atoms with E-state index in [-0.39, 0.29) is 29.4 Å². The first-order chi connectivity index (χ1) is 10.5. The highest BCUT2D eigenvalue weighted by molar-refractivity contribution is 14.0. The first-order valence-electron chi connectivity index (χ1n) is 8.14. The summed E-state index contributed by atoms with van der Waals surface area (Å²) in [5.74, 6) is 0.844. The molecule has 0 aromatic heterocycles. The van der Waals surface area contributed by atoms with Crippen LogP contribution in [0.4, 0.5) is 0 Å². The third kappa shape index (κ3) is 6.30. The number of benzene rings is 1. The summed E-state index contributed by atoms with van der Waals surface area (Å²) in [4.78, 5) is 4.30. The van der Waals surface area contributed by atoms with Crippen LogP contribution in [0.15, 0.2) is 29.3 Å². The molecule has 0 saturated carbocycles. The van der Waals surface area contributed by atoms with Gasteiger partial charge in [0.15, 0.2) is 5.96 Å². The van der Waals surface area contributed by atoms with Crippen LogP contribution in [-0.2, 0) is 10.2 Å². The van der Waals surface area contributed by atoms with Gasteiger partial charge in [0.05, 0.1) is 6.10 Å². The summed E-state index contributed by atoms with van der Waals surface area (Å²) in [7, 11) is 1.81. The summed E-state index contributed by atoms with van der Waals surface area (Å²) in [5, 5.41) is 6.80. The van der Waals surface area contributed by atoms with Crippen LogP contribution in [0.5, 0.6) is 0 Å². The van der Waals surface area contributed by atoms with Gasteiger partial charge in [-0.3, -0.25) is 4.99 Å². The van der Waals surface area contributed by atoms with E-state index < -0.39 is 0 Å². The van der Waals surface area contributed by atoms with Crippen molar-refractivity contribution in [2.45, 2.75) is 45.1 Å². The normalized spacial score (nSPS) is 18.4. The van der Waals surface area contributed by atoms with Gasteiger partial charge in [-0.05, 0) is 25.3 Å². The smallest absolute Gasteiger partial charge is 0.191 e. The number of hydrogen-bond donors (Lipinski definition) is 2. The number of halogens is 1. The molecule has 1 aliphatic heterocycles. The van der Waals surface area contributed by atoms with Gasteiger partial charge in [-0.2, -0.15) is 0 Å². The fourth-order valence-electron chi connectivity index (χ4n) is 2.71. The third-order valence-corrected chi connectivity index (χ3v) is 4.24. The molecule has 1 aromatic carbocycles. The van der Waals surface area contributed by atoms with Crippen molar-refractivity contribution in [1.82, 2.24) is 10.6 Å². The second-order valence-electron chi connectivity index (χ2n) is 6.70. The molecule has 2 rings (SSSR count). The summed E-state index contributed by atoms with van der Waals surface area (Å²) < 4.78 is 5.63. The van der Waals surface area contributed by atoms with Gasteiger partial charge in [-0.15, -0.1) is 24.0 Å². The summed E-state index contributed by atoms with van der Waals surface area (Å²) in [6.45, 7) is 9.18. The molecule has 1 fully saturated rings. The third-order valence-electron chi connectivity index (χ3n) is 4.24. The zero-order valence-electron chi connectivity index (χ0n) is 14.7. The molecule has 4 nitrogen and oxygen atoms in total. The molecule has 23 heavy (non-hydrogen) atoms. The number of nitrogens with zero attached hydrogens (tertiary/aromatic N) is 1. The molecule has 1 heterocycles. The fourth-order valence-corrected chi connectivity index (χ4v) is 2.71. The Morgan fingerprint density at radius 3 is 2.74 bits per heavy atom. The minimum absolute atomic E-state index is 0. The van der Waals surface area contributed by atoms with Crippen LogP contribution in [0.3, 0.4) is 0 Å². The van der Waals surface area contributed by atoms with E-state index in [1.165, 1.54) is 17.5 Å². The molecule has 1 aromatic rings. The number of hydrogen-bond acceptors (Lipinski definition) is 2. The van der Waals surface area contributed by atoms with Gasteiger partial charge >= 0.3 is 0 Å². The SMILES string of the molecule is CN=C(NCC1CCCO1)NCC(C)(C)c1cccc(C)c1.I. The van der Waals surface area contributed by atoms with Crippen LogP contribution in [0.2, 0.25) is 0 Å². The first kappa shape index (κ1) is 20.2. The Morgan fingerprint density at radius 1 is 1.35 bits per heavy atom. The lowest BCUT2D eigenvalue weighted by atomic mass is 9.84. The topological polar surface area (TPSA) is 45.7 Å². The van der Waals surface area contributed by atoms with Crippen molar-refractivity contribution in [2.75, 3.05) is 26.7 Å². The summed E-state index contributed by atoms with van der Waals surface area (Å²) in [6.07, 6.45) is 2.63. The van der Waals surface area contributed by atoms with E-state index in [1.54, 1.807) is 0 Å². The first-order valence-corrected chi connectivity index (χ1v) is 8.14. The van der Waals surface area contributed by atoms with E-state index in [0.29, 0.717) is 6.10 Å². The Hall–Kier alpha value is -0.820. The van der Waals surface area contributed by atoms with Gasteiger partial charge in [0.2, 0.25) is 0 Å². The Labute approximate surface area is 157 Å². The van der Waals surface area contributed by atoms with Crippen LogP contribution in [0.25, 0.3) is 0 Å². The standard InChI is InChI=1S/C18H29N3O.HI/c1-14-7-5-8-15(11-14)18(2,3)13-21-17(19-4)20-12-16-9-6-10-22-16;/h5,7-8,11,16H,6,9-10,12-13H2,1-4H3,(H2,19,20,21);1H. The monoisotopic (exact) mass is 431 g/mol. The molecular weight excluding hydrogens is 401 g/mol. The van der Waals surface area contributed by atoms with Crippen LogP contribution < -0.4 is 10.6 Å². The van der Waals surface area contributed by atoms with E-state index in [0.717, 1.165) is 32.1 Å². The van der Waals surface area contributed by atoms with Crippen molar-refractivity contribution >= 4 is 29.9 Å². The van der Waals surface area contributed by atoms with Gasteiger partial charge < -0.3 is 15.4 Å². The number of aliphatic imine (C=N–C) groups is 1. The second-order valence-corrected chi connectivity index (χ2v) is 6.70. The Balaban J connectivity index is 0.00000264. The molecule has 1 aliphatic rings. The lowest BCUT2D eigenvalue weighted by Gasteiger charge is -2.27. The van der Waals surface area contributed by atoms with E-state index >= 15 is 0 Å². The Morgan fingerprint density at radius 2 is 2.13 bits per heavy atom. The van der Waals surface area contributed by atoms with E-state index in [1.807, 2.05) is 7.05 Å². The van der Waals surface area contributed by atoms with Gasteiger partial charge in [-0.1, -0.05) is 43.7 Å². The maximum absolute atomic E-state index is 5.63. The molecule has 1 atom stereocenters. The maximum atomic E-state index is 5.63. The van der Waals surface area contributed by atoms with Gasteiger partial charge in [0, 0.05) is 32.2 Å². The molecule has 0 spiro atoms. The van der Waals surface area contributed by atoms with Gasteiger partial charge in [0.25, 0.3) is 0 Å². The zero-order chi connectivity index (χ0) is 16.0. The molecule has 5 heteroatoms. The fraction of sp³-hybridized carbons (Fsp3) is 0.611. The van der Waals surface area contributed by atoms with Crippen LogP contribution in [0.1, 0.15) is 37.8 Å². The van der Waals surface area contributed by atoms with E-state index in [4.69, 9.17) is 4.74 Å². The molecule has 0 amide bonds. The molecule has 0 radical (unpaired) electrons. The van der Waals surface area contributed by atoms with Gasteiger partial charge in [0.1, 0.15) is 0 Å². The summed E-state index contributed by atoms with van der Waals surface area (Å²) in [5.41, 5.74) is 2.69. The van der Waals surface area contributed by atoms with Crippen molar-refractivity contribution in [2.24, 2.45) is 4.99 Å². The molecule has 0 aliphatic carbocycles. The van der Waals surface area contributed by atoms with Gasteiger partial charge in [-0.25, -0.2) is 0 Å². The van der Waals surface area contributed by atoms with Crippen molar-refractivity contribution in [3.63, 3.8) is 0 Å². The Kier molecular flexibility index (Phi) is 8.33. The molecule has 1 unspecified atom stereocenters. The van der Waals surface area contributed by atoms with Crippen LogP contribution >= 0.6 is 24.0 Å². The number of ether oxygens (including phenoxy) is 1. The lowest BCUT2D eigenvalue weighted by Crippen LogP contribution is -2.45. The minimum Gasteiger partial charge on any atom is -0.376 e. The van der Waals surface area contributed by atoms with Crippen molar-refractivity contribution < 1.29 is 4.74 Å². The largest absolute Gasteiger partial charge is 0.376 e. The molecule has 1 saturated heterocycles. The summed E-state index contributed by atoms with van der Waals surface area (Å²) >= 11 is 0. The summed E-state index contributed by atoms with van der Waals surface area (Å²) in [6, 6.07) is 8.70. The molecule has 2 N–H and O–H groups in total. The van der Waals surface area contributed by atoms with Crippen molar-refractivity contribution in [3.8, 4) is 0 Å². The highest BCUT2D eigenvalue weighted by Gasteiger charge is 2.21. The zero-order valence-corrected chi connectivity index (χ0v) is 17.0. The van der Waals surface area contributed by atoms with Crippen LogP contribution in [-0.4, -0.2) is 38.8 Å². The second kappa shape index (κ2) is 9.47. The number of nitrogens with one attached hydrogen (secondary N) is 2. The minimum atomic E-state index is 0. The Bertz CT molecular complexity index is 511. The molecular formula is C18H30IN3O. The maximum Gasteiger partial charge on any atom is 0.191 e. The highest BCUT2D eigenvalue weighted by Crippen LogP contribution is 2.23. The van der Waals surface area contributed by atoms with Crippen molar-refractivity contribution in [1.29, 1.82) is 0 Å². The highest BCUT2D eigenvalue weighted by atomic mass is 127. The van der Waals surface area contributed by atoms with E-state index in [2.05, 4.69) is 60.7 Å². The average Bonchev–Trinajstić information content (AvgIpc) is 3.01.